The SMILES string of the molecule is Cc1n[nH]c2cc(Cl)cc(F)c12. The van der Waals surface area contributed by atoms with Crippen LogP contribution in [-0.4, -0.2) is 10.2 Å². The van der Waals surface area contributed by atoms with Gasteiger partial charge in [0.05, 0.1) is 16.6 Å². The number of aromatic nitrogens is 2. The molecular formula is C8H6ClFN2. The van der Waals surface area contributed by atoms with Gasteiger partial charge in [-0.05, 0) is 19.1 Å². The van der Waals surface area contributed by atoms with Crippen LogP contribution in [0.1, 0.15) is 5.69 Å². The molecule has 1 N–H and O–H groups in total. The molecule has 2 nitrogen and oxygen atoms in total. The number of halogens is 2. The van der Waals surface area contributed by atoms with Gasteiger partial charge in [-0.25, -0.2) is 4.39 Å². The number of aromatic amines is 1. The van der Waals surface area contributed by atoms with Gasteiger partial charge in [-0.15, -0.1) is 0 Å². The minimum absolute atomic E-state index is 0.330. The fraction of sp³-hybridized carbons (Fsp3) is 0.125. The lowest BCUT2D eigenvalue weighted by Crippen LogP contribution is -1.78. The number of rotatable bonds is 0. The summed E-state index contributed by atoms with van der Waals surface area (Å²) >= 11 is 5.65. The van der Waals surface area contributed by atoms with Crippen molar-refractivity contribution in [3.8, 4) is 0 Å². The molecule has 0 bridgehead atoms. The Labute approximate surface area is 73.3 Å². The molecule has 0 radical (unpaired) electrons. The molecule has 1 aromatic carbocycles. The van der Waals surface area contributed by atoms with Gasteiger partial charge < -0.3 is 0 Å². The van der Waals surface area contributed by atoms with Crippen LogP contribution in [0.2, 0.25) is 5.02 Å². The first kappa shape index (κ1) is 7.55. The van der Waals surface area contributed by atoms with Crippen LogP contribution in [0.25, 0.3) is 10.9 Å². The van der Waals surface area contributed by atoms with Crippen molar-refractivity contribution in [2.45, 2.75) is 6.92 Å². The number of hydrogen-bond acceptors (Lipinski definition) is 1. The summed E-state index contributed by atoms with van der Waals surface area (Å²) in [5.74, 6) is -0.330. The van der Waals surface area contributed by atoms with E-state index >= 15 is 0 Å². The topological polar surface area (TPSA) is 28.7 Å². The zero-order chi connectivity index (χ0) is 8.72. The lowest BCUT2D eigenvalue weighted by Gasteiger charge is -1.93. The number of aryl methyl sites for hydroxylation is 1. The van der Waals surface area contributed by atoms with Crippen molar-refractivity contribution in [2.24, 2.45) is 0 Å². The molecule has 2 rings (SSSR count). The highest BCUT2D eigenvalue weighted by molar-refractivity contribution is 6.31. The standard InChI is InChI=1S/C8H6ClFN2/c1-4-8-6(10)2-5(9)3-7(8)12-11-4/h2-3H,1H3,(H,11,12). The predicted octanol–water partition coefficient (Wildman–Crippen LogP) is 2.66. The van der Waals surface area contributed by atoms with Crippen LogP contribution in [-0.2, 0) is 0 Å². The second kappa shape index (κ2) is 2.45. The maximum Gasteiger partial charge on any atom is 0.135 e. The second-order valence-electron chi connectivity index (χ2n) is 2.62. The predicted molar refractivity (Wildman–Crippen MR) is 45.8 cm³/mol. The second-order valence-corrected chi connectivity index (χ2v) is 3.06. The van der Waals surface area contributed by atoms with Crippen molar-refractivity contribution >= 4 is 22.5 Å². The van der Waals surface area contributed by atoms with Crippen LogP contribution >= 0.6 is 11.6 Å². The Morgan fingerprint density at radius 3 is 3.00 bits per heavy atom. The van der Waals surface area contributed by atoms with Gasteiger partial charge >= 0.3 is 0 Å². The Morgan fingerprint density at radius 2 is 2.25 bits per heavy atom. The van der Waals surface area contributed by atoms with Gasteiger partial charge in [-0.2, -0.15) is 5.10 Å². The summed E-state index contributed by atoms with van der Waals surface area (Å²) in [4.78, 5) is 0. The van der Waals surface area contributed by atoms with Crippen LogP contribution in [0.15, 0.2) is 12.1 Å². The third-order valence-corrected chi connectivity index (χ3v) is 1.98. The zero-order valence-electron chi connectivity index (χ0n) is 6.36. The van der Waals surface area contributed by atoms with E-state index in [1.54, 1.807) is 13.0 Å². The summed E-state index contributed by atoms with van der Waals surface area (Å²) in [5, 5.41) is 7.46. The van der Waals surface area contributed by atoms with Crippen LogP contribution in [0, 0.1) is 12.7 Å². The van der Waals surface area contributed by atoms with Gasteiger partial charge in [0, 0.05) is 5.02 Å². The molecule has 0 aliphatic heterocycles. The van der Waals surface area contributed by atoms with Crippen LogP contribution in [0.4, 0.5) is 4.39 Å². The van der Waals surface area contributed by atoms with Gasteiger partial charge in [-0.1, -0.05) is 11.6 Å². The number of hydrogen-bond donors (Lipinski definition) is 1. The van der Waals surface area contributed by atoms with Gasteiger partial charge in [0.2, 0.25) is 0 Å². The molecular weight excluding hydrogens is 179 g/mol. The number of H-pyrrole nitrogens is 1. The van der Waals surface area contributed by atoms with Gasteiger partial charge in [0.1, 0.15) is 5.82 Å². The Hall–Kier alpha value is -1.09. The summed E-state index contributed by atoms with van der Waals surface area (Å²) in [6.45, 7) is 1.75. The fourth-order valence-corrected chi connectivity index (χ4v) is 1.43. The van der Waals surface area contributed by atoms with Crippen molar-refractivity contribution in [3.63, 3.8) is 0 Å². The normalized spacial score (nSPS) is 10.9. The molecule has 0 saturated heterocycles. The van der Waals surface area contributed by atoms with E-state index in [0.717, 1.165) is 0 Å². The van der Waals surface area contributed by atoms with Gasteiger partial charge in [0.25, 0.3) is 0 Å². The van der Waals surface area contributed by atoms with Crippen molar-refractivity contribution in [1.29, 1.82) is 0 Å². The van der Waals surface area contributed by atoms with Crippen molar-refractivity contribution < 1.29 is 4.39 Å². The summed E-state index contributed by atoms with van der Waals surface area (Å²) in [5.41, 5.74) is 1.29. The Morgan fingerprint density at radius 1 is 1.50 bits per heavy atom. The van der Waals surface area contributed by atoms with E-state index < -0.39 is 0 Å². The highest BCUT2D eigenvalue weighted by atomic mass is 35.5. The van der Waals surface area contributed by atoms with E-state index in [1.807, 2.05) is 0 Å². The van der Waals surface area contributed by atoms with E-state index in [2.05, 4.69) is 10.2 Å². The molecule has 1 heterocycles. The van der Waals surface area contributed by atoms with Crippen molar-refractivity contribution in [1.82, 2.24) is 10.2 Å². The minimum Gasteiger partial charge on any atom is -0.277 e. The van der Waals surface area contributed by atoms with Crippen LogP contribution < -0.4 is 0 Å². The van der Waals surface area contributed by atoms with Crippen LogP contribution in [0.5, 0.6) is 0 Å². The summed E-state index contributed by atoms with van der Waals surface area (Å²) in [6, 6.07) is 2.94. The largest absolute Gasteiger partial charge is 0.277 e. The number of benzene rings is 1. The first-order valence-electron chi connectivity index (χ1n) is 3.48. The highest BCUT2D eigenvalue weighted by Gasteiger charge is 2.07. The van der Waals surface area contributed by atoms with Crippen molar-refractivity contribution in [3.05, 3.63) is 28.7 Å². The molecule has 0 unspecified atom stereocenters. The summed E-state index contributed by atoms with van der Waals surface area (Å²) in [6.07, 6.45) is 0. The highest BCUT2D eigenvalue weighted by Crippen LogP contribution is 2.23. The third-order valence-electron chi connectivity index (χ3n) is 1.76. The Bertz CT molecular complexity index is 436. The quantitative estimate of drug-likeness (QED) is 0.670. The molecule has 12 heavy (non-hydrogen) atoms. The van der Waals surface area contributed by atoms with Gasteiger partial charge in [-0.3, -0.25) is 5.10 Å². The van der Waals surface area contributed by atoms with E-state index in [4.69, 9.17) is 11.6 Å². The summed E-state index contributed by atoms with van der Waals surface area (Å²) in [7, 11) is 0. The monoisotopic (exact) mass is 184 g/mol. The molecule has 4 heteroatoms. The average molecular weight is 185 g/mol. The third kappa shape index (κ3) is 0.975. The summed E-state index contributed by atoms with van der Waals surface area (Å²) < 4.78 is 13.2. The van der Waals surface area contributed by atoms with E-state index in [-0.39, 0.29) is 5.82 Å². The average Bonchev–Trinajstić information content (AvgIpc) is 2.31. The molecule has 2 aromatic rings. The molecule has 0 atom stereocenters. The van der Waals surface area contributed by atoms with E-state index in [0.29, 0.717) is 21.6 Å². The molecule has 0 aliphatic rings. The van der Waals surface area contributed by atoms with E-state index in [1.165, 1.54) is 6.07 Å². The van der Waals surface area contributed by atoms with E-state index in [9.17, 15) is 4.39 Å². The molecule has 0 spiro atoms. The van der Waals surface area contributed by atoms with Crippen LogP contribution in [0.3, 0.4) is 0 Å². The number of nitrogens with one attached hydrogen (secondary N) is 1. The number of fused-ring (bicyclic) bond motifs is 1. The Kier molecular flexibility index (Phi) is 1.54. The molecule has 0 fully saturated rings. The lowest BCUT2D eigenvalue weighted by molar-refractivity contribution is 0.639. The number of nitrogens with zero attached hydrogens (tertiary/aromatic N) is 1. The Balaban J connectivity index is 2.93. The first-order valence-corrected chi connectivity index (χ1v) is 3.86. The van der Waals surface area contributed by atoms with Crippen molar-refractivity contribution in [2.75, 3.05) is 0 Å². The molecule has 0 saturated carbocycles. The molecule has 0 aliphatic carbocycles. The smallest absolute Gasteiger partial charge is 0.135 e. The molecule has 1 aromatic heterocycles. The molecule has 0 amide bonds. The maximum atomic E-state index is 13.2. The zero-order valence-corrected chi connectivity index (χ0v) is 7.11. The first-order chi connectivity index (χ1) is 5.68. The lowest BCUT2D eigenvalue weighted by atomic mass is 10.2. The fourth-order valence-electron chi connectivity index (χ4n) is 1.23. The maximum absolute atomic E-state index is 13.2. The minimum atomic E-state index is -0.330. The molecule has 62 valence electrons. The van der Waals surface area contributed by atoms with Gasteiger partial charge in [0.15, 0.2) is 0 Å².